The summed E-state index contributed by atoms with van der Waals surface area (Å²) in [6.45, 7) is 15.6. The van der Waals surface area contributed by atoms with E-state index < -0.39 is 0 Å². The molecule has 0 atom stereocenters. The van der Waals surface area contributed by atoms with Crippen molar-refractivity contribution in [3.63, 3.8) is 0 Å². The Kier molecular flexibility index (Phi) is 6.17. The molecule has 0 radical (unpaired) electrons. The van der Waals surface area contributed by atoms with E-state index in [9.17, 15) is 4.79 Å². The van der Waals surface area contributed by atoms with Gasteiger partial charge in [-0.2, -0.15) is 0 Å². The van der Waals surface area contributed by atoms with Gasteiger partial charge in [0.1, 0.15) is 0 Å². The van der Waals surface area contributed by atoms with E-state index in [1.165, 1.54) is 0 Å². The molecular formula is C14H29NO2. The van der Waals surface area contributed by atoms with Gasteiger partial charge in [-0.3, -0.25) is 4.79 Å². The number of rotatable bonds is 6. The van der Waals surface area contributed by atoms with E-state index in [0.29, 0.717) is 12.5 Å². The molecule has 0 aromatic heterocycles. The van der Waals surface area contributed by atoms with Gasteiger partial charge in [-0.15, -0.1) is 0 Å². The first-order valence-electron chi connectivity index (χ1n) is 6.47. The molecule has 102 valence electrons. The third-order valence-electron chi connectivity index (χ3n) is 2.55. The van der Waals surface area contributed by atoms with Gasteiger partial charge in [0.05, 0.1) is 5.60 Å². The molecule has 17 heavy (non-hydrogen) atoms. The van der Waals surface area contributed by atoms with Crippen molar-refractivity contribution in [3.8, 4) is 0 Å². The highest BCUT2D eigenvalue weighted by Crippen LogP contribution is 2.22. The second kappa shape index (κ2) is 6.39. The van der Waals surface area contributed by atoms with Gasteiger partial charge >= 0.3 is 0 Å². The quantitative estimate of drug-likeness (QED) is 0.779. The molecular weight excluding hydrogens is 214 g/mol. The van der Waals surface area contributed by atoms with Crippen molar-refractivity contribution in [2.45, 2.75) is 60.5 Å². The number of carbonyl (C=O) groups excluding carboxylic acids is 1. The van der Waals surface area contributed by atoms with Gasteiger partial charge in [0.15, 0.2) is 0 Å². The Morgan fingerprint density at radius 3 is 2.12 bits per heavy atom. The summed E-state index contributed by atoms with van der Waals surface area (Å²) in [5.41, 5.74) is -0.495. The topological polar surface area (TPSA) is 38.3 Å². The van der Waals surface area contributed by atoms with E-state index in [2.05, 4.69) is 19.2 Å². The Morgan fingerprint density at radius 2 is 1.71 bits per heavy atom. The van der Waals surface area contributed by atoms with Gasteiger partial charge in [0.2, 0.25) is 5.91 Å². The minimum absolute atomic E-state index is 0.115. The Bertz CT molecular complexity index is 239. The molecule has 0 aromatic rings. The first kappa shape index (κ1) is 16.4. The number of hydrogen-bond acceptors (Lipinski definition) is 2. The zero-order chi connectivity index (χ0) is 13.7. The van der Waals surface area contributed by atoms with Gasteiger partial charge in [-0.1, -0.05) is 27.7 Å². The minimum atomic E-state index is -0.361. The van der Waals surface area contributed by atoms with Crippen LogP contribution < -0.4 is 5.32 Å². The average Bonchev–Trinajstić information content (AvgIpc) is 2.11. The zero-order valence-electron chi connectivity index (χ0n) is 12.5. The molecule has 0 aliphatic rings. The number of nitrogens with one attached hydrogen (secondary N) is 1. The lowest BCUT2D eigenvalue weighted by atomic mass is 9.88. The van der Waals surface area contributed by atoms with Crippen LogP contribution >= 0.6 is 0 Å². The second-order valence-electron chi connectivity index (χ2n) is 6.70. The summed E-state index contributed by atoms with van der Waals surface area (Å²) >= 11 is 0. The van der Waals surface area contributed by atoms with E-state index in [4.69, 9.17) is 4.74 Å². The van der Waals surface area contributed by atoms with Crippen LogP contribution in [0.1, 0.15) is 54.9 Å². The molecule has 0 bridgehead atoms. The molecule has 0 saturated heterocycles. The average molecular weight is 243 g/mol. The first-order valence-corrected chi connectivity index (χ1v) is 6.47. The Balaban J connectivity index is 4.05. The van der Waals surface area contributed by atoms with Gasteiger partial charge < -0.3 is 10.1 Å². The molecule has 0 aliphatic carbocycles. The van der Waals surface area contributed by atoms with E-state index in [-0.39, 0.29) is 16.9 Å². The van der Waals surface area contributed by atoms with Crippen molar-refractivity contribution in [2.24, 2.45) is 11.3 Å². The van der Waals surface area contributed by atoms with Crippen LogP contribution in [0.2, 0.25) is 0 Å². The maximum Gasteiger partial charge on any atom is 0.225 e. The highest BCUT2D eigenvalue weighted by atomic mass is 16.5. The Labute approximate surface area is 106 Å². The third kappa shape index (κ3) is 8.19. The fourth-order valence-corrected chi connectivity index (χ4v) is 1.26. The molecule has 1 amide bonds. The summed E-state index contributed by atoms with van der Waals surface area (Å²) in [7, 11) is 0. The molecule has 0 heterocycles. The third-order valence-corrected chi connectivity index (χ3v) is 2.55. The molecule has 0 unspecified atom stereocenters. The summed E-state index contributed by atoms with van der Waals surface area (Å²) in [5.74, 6) is 0.601. The van der Waals surface area contributed by atoms with Gasteiger partial charge in [-0.25, -0.2) is 0 Å². The predicted octanol–water partition coefficient (Wildman–Crippen LogP) is 2.99. The summed E-state index contributed by atoms with van der Waals surface area (Å²) in [4.78, 5) is 12.0. The first-order chi connectivity index (χ1) is 7.54. The second-order valence-corrected chi connectivity index (χ2v) is 6.70. The maximum atomic E-state index is 12.0. The van der Waals surface area contributed by atoms with Crippen molar-refractivity contribution in [1.29, 1.82) is 0 Å². The molecule has 1 N–H and O–H groups in total. The van der Waals surface area contributed by atoms with E-state index in [1.807, 2.05) is 34.6 Å². The molecule has 0 saturated carbocycles. The van der Waals surface area contributed by atoms with E-state index >= 15 is 0 Å². The van der Waals surface area contributed by atoms with Crippen LogP contribution in [-0.4, -0.2) is 24.7 Å². The lowest BCUT2D eigenvalue weighted by Crippen LogP contribution is -2.39. The van der Waals surface area contributed by atoms with Crippen LogP contribution in [0.25, 0.3) is 0 Å². The van der Waals surface area contributed by atoms with Crippen LogP contribution in [-0.2, 0) is 9.53 Å². The summed E-state index contributed by atoms with van der Waals surface area (Å²) in [5, 5.41) is 2.98. The van der Waals surface area contributed by atoms with Crippen molar-refractivity contribution in [3.05, 3.63) is 0 Å². The summed E-state index contributed by atoms with van der Waals surface area (Å²) in [6.07, 6.45) is 0.744. The molecule has 0 rings (SSSR count). The van der Waals surface area contributed by atoms with E-state index in [0.717, 1.165) is 13.0 Å². The van der Waals surface area contributed by atoms with Crippen LogP contribution in [0.4, 0.5) is 0 Å². The van der Waals surface area contributed by atoms with Gasteiger partial charge in [0.25, 0.3) is 0 Å². The summed E-state index contributed by atoms with van der Waals surface area (Å²) < 4.78 is 5.66. The maximum absolute atomic E-state index is 12.0. The monoisotopic (exact) mass is 243 g/mol. The lowest BCUT2D eigenvalue weighted by molar-refractivity contribution is -0.131. The molecule has 0 aliphatic heterocycles. The fourth-order valence-electron chi connectivity index (χ4n) is 1.26. The number of carbonyl (C=O) groups is 1. The van der Waals surface area contributed by atoms with Crippen molar-refractivity contribution < 1.29 is 9.53 Å². The molecule has 0 aromatic carbocycles. The molecule has 3 nitrogen and oxygen atoms in total. The van der Waals surface area contributed by atoms with Crippen LogP contribution in [0.15, 0.2) is 0 Å². The van der Waals surface area contributed by atoms with Crippen molar-refractivity contribution in [1.82, 2.24) is 5.32 Å². The Morgan fingerprint density at radius 1 is 1.18 bits per heavy atom. The highest BCUT2D eigenvalue weighted by Gasteiger charge is 2.27. The smallest absolute Gasteiger partial charge is 0.225 e. The molecule has 0 spiro atoms. The van der Waals surface area contributed by atoms with E-state index in [1.54, 1.807) is 0 Å². The predicted molar refractivity (Wildman–Crippen MR) is 72.0 cm³/mol. The van der Waals surface area contributed by atoms with Crippen LogP contribution in [0.5, 0.6) is 0 Å². The zero-order valence-corrected chi connectivity index (χ0v) is 12.5. The van der Waals surface area contributed by atoms with Gasteiger partial charge in [-0.05, 0) is 33.1 Å². The number of amides is 1. The normalized spacial score (nSPS) is 12.9. The highest BCUT2D eigenvalue weighted by molar-refractivity contribution is 5.81. The standard InChI is InChI=1S/C14H29NO2/c1-11(2)10-15-12(16)14(6,7)8-9-17-13(3,4)5/h11H,8-10H2,1-7H3,(H,15,16). The largest absolute Gasteiger partial charge is 0.376 e. The molecule has 0 fully saturated rings. The Hall–Kier alpha value is -0.570. The SMILES string of the molecule is CC(C)CNC(=O)C(C)(C)CCOC(C)(C)C. The van der Waals surface area contributed by atoms with Crippen molar-refractivity contribution >= 4 is 5.91 Å². The van der Waals surface area contributed by atoms with Crippen molar-refractivity contribution in [2.75, 3.05) is 13.2 Å². The van der Waals surface area contributed by atoms with Gasteiger partial charge in [0, 0.05) is 18.6 Å². The molecule has 3 heteroatoms. The lowest BCUT2D eigenvalue weighted by Gasteiger charge is -2.26. The number of hydrogen-bond donors (Lipinski definition) is 1. The number of ether oxygens (including phenoxy) is 1. The summed E-state index contributed by atoms with van der Waals surface area (Å²) in [6, 6.07) is 0. The fraction of sp³-hybridized carbons (Fsp3) is 0.929. The minimum Gasteiger partial charge on any atom is -0.376 e. The van der Waals surface area contributed by atoms with Crippen LogP contribution in [0.3, 0.4) is 0 Å². The van der Waals surface area contributed by atoms with Crippen LogP contribution in [0, 0.1) is 11.3 Å².